The molecule has 0 amide bonds. The maximum absolute atomic E-state index is 13.3. The number of aromatic nitrogens is 3. The molecule has 1 aliphatic rings. The van der Waals surface area contributed by atoms with Crippen molar-refractivity contribution in [2.24, 2.45) is 5.73 Å². The molecule has 6 heteroatoms. The van der Waals surface area contributed by atoms with Gasteiger partial charge in [0.05, 0.1) is 0 Å². The minimum absolute atomic E-state index is 0.179. The number of nitrogens with two attached hydrogens (primary N) is 1. The summed E-state index contributed by atoms with van der Waals surface area (Å²) in [7, 11) is 0. The van der Waals surface area contributed by atoms with Crippen molar-refractivity contribution in [3.63, 3.8) is 0 Å². The number of hydrogen-bond acceptors (Lipinski definition) is 4. The summed E-state index contributed by atoms with van der Waals surface area (Å²) in [5, 5.41) is 7.06. The Morgan fingerprint density at radius 2 is 2.32 bits per heavy atom. The molecule has 19 heavy (non-hydrogen) atoms. The van der Waals surface area contributed by atoms with Crippen molar-refractivity contribution >= 4 is 5.95 Å². The van der Waals surface area contributed by atoms with Crippen LogP contribution >= 0.6 is 0 Å². The van der Waals surface area contributed by atoms with E-state index in [1.165, 1.54) is 12.1 Å². The average Bonchev–Trinajstić information content (AvgIpc) is 3.00. The molecular formula is C13H16FN5. The molecule has 0 bridgehead atoms. The van der Waals surface area contributed by atoms with E-state index in [2.05, 4.69) is 15.2 Å². The second kappa shape index (κ2) is 4.62. The van der Waals surface area contributed by atoms with Crippen LogP contribution in [0.25, 0.3) is 11.4 Å². The van der Waals surface area contributed by atoms with Gasteiger partial charge in [0.15, 0.2) is 5.82 Å². The second-order valence-corrected chi connectivity index (χ2v) is 4.94. The summed E-state index contributed by atoms with van der Waals surface area (Å²) >= 11 is 0. The van der Waals surface area contributed by atoms with Gasteiger partial charge in [-0.05, 0) is 31.0 Å². The van der Waals surface area contributed by atoms with Crippen LogP contribution in [-0.4, -0.2) is 34.3 Å². The Balaban J connectivity index is 1.90. The quantitative estimate of drug-likeness (QED) is 0.858. The van der Waals surface area contributed by atoms with E-state index in [1.807, 2.05) is 11.8 Å². The monoisotopic (exact) mass is 261 g/mol. The Kier molecular flexibility index (Phi) is 2.94. The van der Waals surface area contributed by atoms with E-state index in [4.69, 9.17) is 5.73 Å². The molecule has 1 atom stereocenters. The molecule has 5 nitrogen and oxygen atoms in total. The van der Waals surface area contributed by atoms with Crippen LogP contribution in [0.15, 0.2) is 18.2 Å². The van der Waals surface area contributed by atoms with Crippen molar-refractivity contribution < 1.29 is 4.39 Å². The number of rotatable bonds is 2. The minimum atomic E-state index is -0.276. The third kappa shape index (κ3) is 2.31. The zero-order valence-electron chi connectivity index (χ0n) is 10.7. The predicted octanol–water partition coefficient (Wildman–Crippen LogP) is 1.46. The number of aromatic amines is 1. The van der Waals surface area contributed by atoms with Gasteiger partial charge in [-0.2, -0.15) is 4.98 Å². The van der Waals surface area contributed by atoms with Crippen molar-refractivity contribution in [2.45, 2.75) is 19.4 Å². The molecule has 1 aromatic heterocycles. The first-order chi connectivity index (χ1) is 9.13. The first-order valence-corrected chi connectivity index (χ1v) is 6.33. The Bertz CT molecular complexity index is 594. The molecule has 2 heterocycles. The molecule has 1 aliphatic heterocycles. The maximum atomic E-state index is 13.3. The lowest BCUT2D eigenvalue weighted by molar-refractivity contribution is 0.628. The normalized spacial score (nSPS) is 19.1. The summed E-state index contributed by atoms with van der Waals surface area (Å²) in [6, 6.07) is 4.82. The van der Waals surface area contributed by atoms with Crippen molar-refractivity contribution in [1.29, 1.82) is 0 Å². The Labute approximate surface area is 110 Å². The molecule has 0 radical (unpaired) electrons. The van der Waals surface area contributed by atoms with E-state index in [9.17, 15) is 4.39 Å². The summed E-state index contributed by atoms with van der Waals surface area (Å²) in [6.45, 7) is 3.54. The Morgan fingerprint density at radius 1 is 1.47 bits per heavy atom. The highest BCUT2D eigenvalue weighted by Crippen LogP contribution is 2.23. The van der Waals surface area contributed by atoms with Gasteiger partial charge in [-0.1, -0.05) is 6.07 Å². The van der Waals surface area contributed by atoms with Crippen LogP contribution in [0.3, 0.4) is 0 Å². The summed E-state index contributed by atoms with van der Waals surface area (Å²) in [5.41, 5.74) is 7.57. The third-order valence-corrected chi connectivity index (χ3v) is 3.44. The number of nitrogens with one attached hydrogen (secondary N) is 1. The highest BCUT2D eigenvalue weighted by atomic mass is 19.1. The van der Waals surface area contributed by atoms with Gasteiger partial charge in [-0.3, -0.25) is 5.10 Å². The van der Waals surface area contributed by atoms with Crippen LogP contribution in [0.5, 0.6) is 0 Å². The van der Waals surface area contributed by atoms with Gasteiger partial charge in [-0.15, -0.1) is 5.10 Å². The van der Waals surface area contributed by atoms with Crippen LogP contribution in [0.2, 0.25) is 0 Å². The SMILES string of the molecule is Cc1ccc(F)cc1-c1nc(N2CCC(N)C2)n[nH]1. The van der Waals surface area contributed by atoms with Crippen molar-refractivity contribution in [2.75, 3.05) is 18.0 Å². The molecule has 3 N–H and O–H groups in total. The van der Waals surface area contributed by atoms with E-state index in [0.29, 0.717) is 11.8 Å². The second-order valence-electron chi connectivity index (χ2n) is 4.94. The number of nitrogens with zero attached hydrogens (tertiary/aromatic N) is 3. The average molecular weight is 261 g/mol. The molecule has 1 unspecified atom stereocenters. The van der Waals surface area contributed by atoms with Gasteiger partial charge in [0.2, 0.25) is 5.95 Å². The van der Waals surface area contributed by atoms with E-state index in [0.717, 1.165) is 30.6 Å². The number of H-pyrrole nitrogens is 1. The molecule has 1 aromatic carbocycles. The largest absolute Gasteiger partial charge is 0.338 e. The number of benzene rings is 1. The number of aryl methyl sites for hydroxylation is 1. The predicted molar refractivity (Wildman–Crippen MR) is 71.3 cm³/mol. The van der Waals surface area contributed by atoms with E-state index < -0.39 is 0 Å². The van der Waals surface area contributed by atoms with Crippen molar-refractivity contribution in [3.05, 3.63) is 29.6 Å². The third-order valence-electron chi connectivity index (χ3n) is 3.44. The van der Waals surface area contributed by atoms with Gasteiger partial charge in [0.25, 0.3) is 0 Å². The molecule has 0 saturated carbocycles. The fourth-order valence-corrected chi connectivity index (χ4v) is 2.33. The van der Waals surface area contributed by atoms with Crippen molar-refractivity contribution in [1.82, 2.24) is 15.2 Å². The molecule has 2 aromatic rings. The summed E-state index contributed by atoms with van der Waals surface area (Å²) in [5.74, 6) is 0.945. The van der Waals surface area contributed by atoms with E-state index in [1.54, 1.807) is 6.07 Å². The Morgan fingerprint density at radius 3 is 3.05 bits per heavy atom. The number of halogens is 1. The lowest BCUT2D eigenvalue weighted by Gasteiger charge is -2.11. The first-order valence-electron chi connectivity index (χ1n) is 6.33. The molecule has 3 rings (SSSR count). The Hall–Kier alpha value is -1.95. The van der Waals surface area contributed by atoms with Crippen LogP contribution in [0, 0.1) is 12.7 Å². The standard InChI is InChI=1S/C13H16FN5/c1-8-2-3-9(14)6-11(8)12-16-13(18-17-12)19-5-4-10(15)7-19/h2-3,6,10H,4-5,7,15H2,1H3,(H,16,17,18). The van der Waals surface area contributed by atoms with Crippen LogP contribution in [-0.2, 0) is 0 Å². The van der Waals surface area contributed by atoms with Gasteiger partial charge in [-0.25, -0.2) is 4.39 Å². The van der Waals surface area contributed by atoms with Gasteiger partial charge < -0.3 is 10.6 Å². The lowest BCUT2D eigenvalue weighted by atomic mass is 10.1. The van der Waals surface area contributed by atoms with Crippen LogP contribution < -0.4 is 10.6 Å². The number of hydrogen-bond donors (Lipinski definition) is 2. The molecular weight excluding hydrogens is 245 g/mol. The van der Waals surface area contributed by atoms with Crippen molar-refractivity contribution in [3.8, 4) is 11.4 Å². The summed E-state index contributed by atoms with van der Waals surface area (Å²) in [6.07, 6.45) is 0.947. The molecule has 0 aliphatic carbocycles. The fraction of sp³-hybridized carbons (Fsp3) is 0.385. The highest BCUT2D eigenvalue weighted by Gasteiger charge is 2.22. The zero-order valence-corrected chi connectivity index (χ0v) is 10.7. The molecule has 0 spiro atoms. The summed E-state index contributed by atoms with van der Waals surface area (Å²) < 4.78 is 13.3. The maximum Gasteiger partial charge on any atom is 0.245 e. The van der Waals surface area contributed by atoms with E-state index >= 15 is 0 Å². The summed E-state index contributed by atoms with van der Waals surface area (Å²) in [4.78, 5) is 6.48. The molecule has 1 fully saturated rings. The smallest absolute Gasteiger partial charge is 0.245 e. The van der Waals surface area contributed by atoms with Gasteiger partial charge in [0, 0.05) is 24.7 Å². The number of anilines is 1. The first kappa shape index (κ1) is 12.1. The molecule has 1 saturated heterocycles. The van der Waals surface area contributed by atoms with E-state index in [-0.39, 0.29) is 11.9 Å². The fourth-order valence-electron chi connectivity index (χ4n) is 2.33. The molecule has 100 valence electrons. The zero-order chi connectivity index (χ0) is 13.4. The van der Waals surface area contributed by atoms with Gasteiger partial charge in [0.1, 0.15) is 5.82 Å². The van der Waals surface area contributed by atoms with Gasteiger partial charge >= 0.3 is 0 Å². The topological polar surface area (TPSA) is 70.8 Å². The van der Waals surface area contributed by atoms with Crippen LogP contribution in [0.1, 0.15) is 12.0 Å². The highest BCUT2D eigenvalue weighted by molar-refractivity contribution is 5.61. The minimum Gasteiger partial charge on any atom is -0.338 e. The lowest BCUT2D eigenvalue weighted by Crippen LogP contribution is -2.26. The van der Waals surface area contributed by atoms with Crippen LogP contribution in [0.4, 0.5) is 10.3 Å².